The van der Waals surface area contributed by atoms with E-state index in [-0.39, 0.29) is 24.3 Å². The van der Waals surface area contributed by atoms with Gasteiger partial charge in [-0.1, -0.05) is 47.5 Å². The molecule has 2 aromatic rings. The van der Waals surface area contributed by atoms with Crippen molar-refractivity contribution < 1.29 is 23.9 Å². The number of hydrogen-bond donors (Lipinski definition) is 1. The minimum absolute atomic E-state index is 0.119. The van der Waals surface area contributed by atoms with Gasteiger partial charge in [0.2, 0.25) is 5.91 Å². The minimum Gasteiger partial charge on any atom is -0.457 e. The summed E-state index contributed by atoms with van der Waals surface area (Å²) in [6, 6.07) is 12.5. The van der Waals surface area contributed by atoms with Gasteiger partial charge in [0.1, 0.15) is 11.4 Å². The van der Waals surface area contributed by atoms with Crippen molar-refractivity contribution in [2.45, 2.75) is 63.0 Å². The monoisotopic (exact) mass is 572 g/mol. The summed E-state index contributed by atoms with van der Waals surface area (Å²) in [4.78, 5) is 39.5. The second-order valence-electron chi connectivity index (χ2n) is 10.5. The maximum absolute atomic E-state index is 13.1. The SMILES string of the molecule is C=CCN1CCC2(c3cccc(OC(C)=O)c3)C[C@H](NC(=O)Cc3ccc(Cl)c(Cl)c3)CCC2(OC(C)=O)C1. The predicted octanol–water partition coefficient (Wildman–Crippen LogP) is 5.26. The van der Waals surface area contributed by atoms with Crippen molar-refractivity contribution in [3.8, 4) is 5.75 Å². The number of esters is 2. The highest BCUT2D eigenvalue weighted by Gasteiger charge is 2.60. The van der Waals surface area contributed by atoms with Gasteiger partial charge in [0.25, 0.3) is 0 Å². The van der Waals surface area contributed by atoms with E-state index in [1.165, 1.54) is 13.8 Å². The van der Waals surface area contributed by atoms with E-state index in [1.807, 2.05) is 24.3 Å². The number of benzene rings is 2. The molecule has 1 heterocycles. The quantitative estimate of drug-likeness (QED) is 0.264. The molecule has 0 spiro atoms. The second-order valence-corrected chi connectivity index (χ2v) is 11.3. The molecule has 4 rings (SSSR count). The molecule has 0 radical (unpaired) electrons. The number of carbonyl (C=O) groups excluding carboxylic acids is 3. The first-order chi connectivity index (χ1) is 18.6. The van der Waals surface area contributed by atoms with Gasteiger partial charge in [-0.3, -0.25) is 19.3 Å². The van der Waals surface area contributed by atoms with Crippen LogP contribution in [0.15, 0.2) is 55.1 Å². The topological polar surface area (TPSA) is 84.9 Å². The van der Waals surface area contributed by atoms with Gasteiger partial charge in [-0.05, 0) is 67.6 Å². The summed E-state index contributed by atoms with van der Waals surface area (Å²) in [7, 11) is 0. The molecular formula is C30H34Cl2N2O5. The number of nitrogens with zero attached hydrogens (tertiary/aromatic N) is 1. The minimum atomic E-state index is -0.820. The first kappa shape index (κ1) is 29.1. The number of amides is 1. The van der Waals surface area contributed by atoms with Crippen LogP contribution in [0.4, 0.5) is 0 Å². The molecule has 39 heavy (non-hydrogen) atoms. The first-order valence-corrected chi connectivity index (χ1v) is 13.9. The molecule has 1 N–H and O–H groups in total. The number of piperidine rings is 1. The van der Waals surface area contributed by atoms with Crippen molar-refractivity contribution in [3.63, 3.8) is 0 Å². The van der Waals surface area contributed by atoms with Gasteiger partial charge in [-0.25, -0.2) is 0 Å². The Kier molecular flexibility index (Phi) is 9.04. The van der Waals surface area contributed by atoms with Gasteiger partial charge in [0, 0.05) is 38.4 Å². The summed E-state index contributed by atoms with van der Waals surface area (Å²) in [5.41, 5.74) is 0.268. The lowest BCUT2D eigenvalue weighted by Gasteiger charge is -2.59. The van der Waals surface area contributed by atoms with E-state index < -0.39 is 17.0 Å². The highest BCUT2D eigenvalue weighted by molar-refractivity contribution is 6.42. The number of carbonyl (C=O) groups is 3. The zero-order valence-corrected chi connectivity index (χ0v) is 23.8. The second kappa shape index (κ2) is 12.1. The fourth-order valence-electron chi connectivity index (χ4n) is 6.28. The molecule has 1 aliphatic carbocycles. The van der Waals surface area contributed by atoms with E-state index in [9.17, 15) is 14.4 Å². The predicted molar refractivity (Wildman–Crippen MR) is 151 cm³/mol. The number of halogens is 2. The Morgan fingerprint density at radius 2 is 1.90 bits per heavy atom. The van der Waals surface area contributed by atoms with Crippen LogP contribution in [0.25, 0.3) is 0 Å². The summed E-state index contributed by atoms with van der Waals surface area (Å²) < 4.78 is 11.7. The van der Waals surface area contributed by atoms with Crippen molar-refractivity contribution in [2.24, 2.45) is 0 Å². The third-order valence-electron chi connectivity index (χ3n) is 7.79. The summed E-state index contributed by atoms with van der Waals surface area (Å²) in [5.74, 6) is -0.442. The van der Waals surface area contributed by atoms with Crippen molar-refractivity contribution in [1.29, 1.82) is 0 Å². The number of fused-ring (bicyclic) bond motifs is 1. The first-order valence-electron chi connectivity index (χ1n) is 13.1. The lowest BCUT2D eigenvalue weighted by atomic mass is 9.55. The Labute approximate surface area is 239 Å². The van der Waals surface area contributed by atoms with Gasteiger partial charge in [0.05, 0.1) is 16.5 Å². The number of rotatable bonds is 8. The van der Waals surface area contributed by atoms with Gasteiger partial charge in [-0.15, -0.1) is 6.58 Å². The summed E-state index contributed by atoms with van der Waals surface area (Å²) >= 11 is 12.2. The van der Waals surface area contributed by atoms with Gasteiger partial charge in [-0.2, -0.15) is 0 Å². The standard InChI is InChI=1S/C30H34Cl2N2O5/c1-4-13-34-14-12-29(23-6-5-7-25(17-23)38-20(2)35)18-24(10-11-30(29,19-34)39-21(3)36)33-28(37)16-22-8-9-26(31)27(32)15-22/h4-9,15,17,24H,1,10-14,16,18-19H2,2-3H3,(H,33,37)/t24-,29?,30?/m1/s1. The molecule has 9 heteroatoms. The molecule has 1 aliphatic heterocycles. The van der Waals surface area contributed by atoms with Crippen LogP contribution in [-0.4, -0.2) is 54.0 Å². The van der Waals surface area contributed by atoms with E-state index >= 15 is 0 Å². The Bertz CT molecular complexity index is 1270. The van der Waals surface area contributed by atoms with Crippen LogP contribution in [0.3, 0.4) is 0 Å². The Morgan fingerprint density at radius 3 is 2.59 bits per heavy atom. The molecule has 2 aliphatic rings. The van der Waals surface area contributed by atoms with E-state index in [4.69, 9.17) is 32.7 Å². The van der Waals surface area contributed by atoms with Crippen LogP contribution >= 0.6 is 23.2 Å². The number of likely N-dealkylation sites (tertiary alicyclic amines) is 1. The smallest absolute Gasteiger partial charge is 0.308 e. The highest BCUT2D eigenvalue weighted by Crippen LogP contribution is 2.54. The van der Waals surface area contributed by atoms with E-state index in [1.54, 1.807) is 24.3 Å². The van der Waals surface area contributed by atoms with Crippen LogP contribution in [0.1, 0.15) is 50.7 Å². The summed E-state index contributed by atoms with van der Waals surface area (Å²) in [6.07, 6.45) is 4.49. The van der Waals surface area contributed by atoms with Gasteiger partial charge in [0.15, 0.2) is 0 Å². The van der Waals surface area contributed by atoms with Crippen LogP contribution in [0, 0.1) is 0 Å². The highest BCUT2D eigenvalue weighted by atomic mass is 35.5. The van der Waals surface area contributed by atoms with Crippen molar-refractivity contribution in [1.82, 2.24) is 10.2 Å². The average molecular weight is 574 g/mol. The zero-order valence-electron chi connectivity index (χ0n) is 22.3. The van der Waals surface area contributed by atoms with E-state index in [0.29, 0.717) is 54.6 Å². The maximum atomic E-state index is 13.1. The third-order valence-corrected chi connectivity index (χ3v) is 8.52. The van der Waals surface area contributed by atoms with Crippen LogP contribution in [-0.2, 0) is 31.0 Å². The Morgan fingerprint density at radius 1 is 1.10 bits per heavy atom. The van der Waals surface area contributed by atoms with E-state index in [0.717, 1.165) is 17.7 Å². The summed E-state index contributed by atoms with van der Waals surface area (Å²) in [5, 5.41) is 4.06. The maximum Gasteiger partial charge on any atom is 0.308 e. The largest absolute Gasteiger partial charge is 0.457 e. The fraction of sp³-hybridized carbons (Fsp3) is 0.433. The normalized spacial score (nSPS) is 24.8. The molecule has 208 valence electrons. The number of ether oxygens (including phenoxy) is 2. The van der Waals surface area contributed by atoms with Crippen molar-refractivity contribution in [3.05, 3.63) is 76.3 Å². The molecule has 2 aromatic carbocycles. The molecule has 1 amide bonds. The van der Waals surface area contributed by atoms with Crippen molar-refractivity contribution in [2.75, 3.05) is 19.6 Å². The summed E-state index contributed by atoms with van der Waals surface area (Å²) in [6.45, 7) is 8.66. The van der Waals surface area contributed by atoms with E-state index in [2.05, 4.69) is 16.8 Å². The van der Waals surface area contributed by atoms with Crippen LogP contribution < -0.4 is 10.1 Å². The average Bonchev–Trinajstić information content (AvgIpc) is 2.86. The Hall–Kier alpha value is -2.87. The lowest BCUT2D eigenvalue weighted by Crippen LogP contribution is -2.68. The lowest BCUT2D eigenvalue weighted by molar-refractivity contribution is -0.186. The molecular weight excluding hydrogens is 539 g/mol. The molecule has 1 saturated heterocycles. The molecule has 7 nitrogen and oxygen atoms in total. The van der Waals surface area contributed by atoms with Gasteiger partial charge >= 0.3 is 11.9 Å². The molecule has 0 bridgehead atoms. The van der Waals surface area contributed by atoms with Gasteiger partial charge < -0.3 is 14.8 Å². The van der Waals surface area contributed by atoms with Crippen molar-refractivity contribution >= 4 is 41.0 Å². The third kappa shape index (κ3) is 6.48. The number of hydrogen-bond acceptors (Lipinski definition) is 6. The van der Waals surface area contributed by atoms with Crippen LogP contribution in [0.5, 0.6) is 5.75 Å². The fourth-order valence-corrected chi connectivity index (χ4v) is 6.61. The zero-order chi connectivity index (χ0) is 28.2. The molecule has 2 fully saturated rings. The molecule has 0 aromatic heterocycles. The number of nitrogens with one attached hydrogen (secondary N) is 1. The van der Waals surface area contributed by atoms with Crippen LogP contribution in [0.2, 0.25) is 10.0 Å². The molecule has 1 saturated carbocycles. The molecule has 3 atom stereocenters. The molecule has 2 unspecified atom stereocenters. The Balaban J connectivity index is 1.67.